The Morgan fingerprint density at radius 1 is 1.32 bits per heavy atom. The number of aromatic amines is 1. The van der Waals surface area contributed by atoms with E-state index >= 15 is 0 Å². The summed E-state index contributed by atoms with van der Waals surface area (Å²) in [4.78, 5) is 27.2. The van der Waals surface area contributed by atoms with E-state index < -0.39 is 16.2 Å². The number of nitrogens with zero attached hydrogens (tertiary/aromatic N) is 2. The third-order valence-electron chi connectivity index (χ3n) is 2.19. The second-order valence-corrected chi connectivity index (χ2v) is 4.25. The van der Waals surface area contributed by atoms with Crippen LogP contribution in [0.1, 0.15) is 0 Å². The second kappa shape index (κ2) is 5.25. The van der Waals surface area contributed by atoms with Gasteiger partial charge in [0, 0.05) is 5.69 Å². The number of nitro groups is 1. The molecule has 0 amide bonds. The van der Waals surface area contributed by atoms with E-state index in [4.69, 9.17) is 23.2 Å². The number of H-pyrrole nitrogens is 1. The van der Waals surface area contributed by atoms with Crippen molar-refractivity contribution in [3.8, 4) is 0 Å². The topological polar surface area (TPSA) is 101 Å². The zero-order valence-corrected chi connectivity index (χ0v) is 10.7. The first kappa shape index (κ1) is 13.3. The fourth-order valence-corrected chi connectivity index (χ4v) is 1.66. The largest absolute Gasteiger partial charge is 0.376 e. The fourth-order valence-electron chi connectivity index (χ4n) is 1.36. The molecule has 2 N–H and O–H groups in total. The van der Waals surface area contributed by atoms with Crippen molar-refractivity contribution >= 4 is 40.4 Å². The van der Waals surface area contributed by atoms with Crippen molar-refractivity contribution in [3.63, 3.8) is 0 Å². The van der Waals surface area contributed by atoms with Crippen molar-refractivity contribution in [2.75, 3.05) is 5.32 Å². The van der Waals surface area contributed by atoms with Gasteiger partial charge >= 0.3 is 11.2 Å². The molecular formula is C10H6Cl2N4O3. The third kappa shape index (κ3) is 2.83. The number of aromatic nitrogens is 2. The van der Waals surface area contributed by atoms with Crippen LogP contribution in [0.25, 0.3) is 0 Å². The van der Waals surface area contributed by atoms with E-state index in [2.05, 4.69) is 15.3 Å². The van der Waals surface area contributed by atoms with E-state index in [-0.39, 0.29) is 10.8 Å². The Kier molecular flexibility index (Phi) is 3.68. The van der Waals surface area contributed by atoms with Crippen molar-refractivity contribution < 1.29 is 4.92 Å². The van der Waals surface area contributed by atoms with Crippen LogP contribution in [-0.4, -0.2) is 14.9 Å². The Morgan fingerprint density at radius 2 is 2.05 bits per heavy atom. The zero-order chi connectivity index (χ0) is 14.0. The first-order valence-electron chi connectivity index (χ1n) is 4.93. The molecule has 7 nitrogen and oxygen atoms in total. The molecule has 0 bridgehead atoms. The highest BCUT2D eigenvalue weighted by atomic mass is 35.5. The molecule has 19 heavy (non-hydrogen) atoms. The molecule has 0 unspecified atom stereocenters. The van der Waals surface area contributed by atoms with Gasteiger partial charge in [0.2, 0.25) is 5.82 Å². The normalized spacial score (nSPS) is 10.2. The first-order chi connectivity index (χ1) is 8.99. The number of halogens is 2. The van der Waals surface area contributed by atoms with E-state index in [1.807, 2.05) is 0 Å². The molecule has 1 aromatic carbocycles. The minimum absolute atomic E-state index is 0.174. The molecule has 2 aromatic rings. The number of rotatable bonds is 3. The molecule has 0 aliphatic carbocycles. The van der Waals surface area contributed by atoms with E-state index in [9.17, 15) is 14.9 Å². The Hall–Kier alpha value is -2.12. The Bertz CT molecular complexity index is 701. The maximum absolute atomic E-state index is 11.4. The number of anilines is 2. The summed E-state index contributed by atoms with van der Waals surface area (Å²) in [5.41, 5.74) is -1.09. The fraction of sp³-hybridized carbons (Fsp3) is 0. The van der Waals surface area contributed by atoms with Crippen molar-refractivity contribution in [2.24, 2.45) is 0 Å². The van der Waals surface area contributed by atoms with E-state index in [0.29, 0.717) is 10.7 Å². The molecule has 0 spiro atoms. The van der Waals surface area contributed by atoms with Crippen molar-refractivity contribution in [2.45, 2.75) is 0 Å². The number of nitrogens with one attached hydrogen (secondary N) is 2. The molecule has 98 valence electrons. The molecular weight excluding hydrogens is 295 g/mol. The molecule has 1 aromatic heterocycles. The van der Waals surface area contributed by atoms with Gasteiger partial charge in [-0.25, -0.2) is 4.98 Å². The van der Waals surface area contributed by atoms with E-state index in [1.54, 1.807) is 6.07 Å². The molecule has 2 rings (SSSR count). The van der Waals surface area contributed by atoms with Gasteiger partial charge in [-0.05, 0) is 18.2 Å². The lowest BCUT2D eigenvalue weighted by atomic mass is 10.3. The quantitative estimate of drug-likeness (QED) is 0.670. The van der Waals surface area contributed by atoms with Crippen LogP contribution >= 0.6 is 23.2 Å². The highest BCUT2D eigenvalue weighted by Crippen LogP contribution is 2.27. The lowest BCUT2D eigenvalue weighted by Crippen LogP contribution is -2.14. The molecule has 0 aliphatic heterocycles. The summed E-state index contributed by atoms with van der Waals surface area (Å²) >= 11 is 11.6. The maximum atomic E-state index is 11.4. The molecule has 0 fully saturated rings. The lowest BCUT2D eigenvalue weighted by molar-refractivity contribution is -0.385. The minimum Gasteiger partial charge on any atom is -0.334 e. The summed E-state index contributed by atoms with van der Waals surface area (Å²) in [5.74, 6) is -0.174. The molecule has 1 heterocycles. The van der Waals surface area contributed by atoms with E-state index in [0.717, 1.165) is 6.33 Å². The average Bonchev–Trinajstić information content (AvgIpc) is 2.33. The second-order valence-electron chi connectivity index (χ2n) is 3.44. The molecule has 0 aliphatic rings. The monoisotopic (exact) mass is 300 g/mol. The van der Waals surface area contributed by atoms with Crippen molar-refractivity contribution in [3.05, 3.63) is 55.0 Å². The van der Waals surface area contributed by atoms with Gasteiger partial charge in [0.1, 0.15) is 0 Å². The average molecular weight is 301 g/mol. The van der Waals surface area contributed by atoms with Crippen molar-refractivity contribution in [1.29, 1.82) is 0 Å². The molecule has 0 saturated heterocycles. The van der Waals surface area contributed by atoms with Gasteiger partial charge in [0.05, 0.1) is 21.3 Å². The van der Waals surface area contributed by atoms with Crippen LogP contribution in [0.2, 0.25) is 10.0 Å². The third-order valence-corrected chi connectivity index (χ3v) is 2.93. The first-order valence-corrected chi connectivity index (χ1v) is 5.69. The molecule has 0 radical (unpaired) electrons. The van der Waals surface area contributed by atoms with Gasteiger partial charge in [-0.1, -0.05) is 23.2 Å². The summed E-state index contributed by atoms with van der Waals surface area (Å²) in [5, 5.41) is 14.1. The van der Waals surface area contributed by atoms with Crippen LogP contribution in [0.15, 0.2) is 29.3 Å². The van der Waals surface area contributed by atoms with Crippen LogP contribution in [0, 0.1) is 10.1 Å². The van der Waals surface area contributed by atoms with Crippen LogP contribution < -0.4 is 10.9 Å². The highest BCUT2D eigenvalue weighted by molar-refractivity contribution is 6.42. The predicted octanol–water partition coefficient (Wildman–Crippen LogP) is 2.73. The summed E-state index contributed by atoms with van der Waals surface area (Å²) in [6.07, 6.45) is 1.06. The Morgan fingerprint density at radius 3 is 2.68 bits per heavy atom. The predicted molar refractivity (Wildman–Crippen MR) is 71.3 cm³/mol. The molecule has 0 atom stereocenters. The van der Waals surface area contributed by atoms with Gasteiger partial charge in [-0.15, -0.1) is 0 Å². The molecule has 0 saturated carbocycles. The molecule has 9 heteroatoms. The summed E-state index contributed by atoms with van der Waals surface area (Å²) in [6, 6.07) is 4.54. The number of benzene rings is 1. The van der Waals surface area contributed by atoms with Crippen molar-refractivity contribution in [1.82, 2.24) is 9.97 Å². The standard InChI is InChI=1S/C10H6Cl2N4O3/c11-6-2-1-5(3-7(6)12)15-9-8(16(18)19)10(17)14-4-13-9/h1-4H,(H2,13,14,15,17). The van der Waals surface area contributed by atoms with Gasteiger partial charge in [0.25, 0.3) is 0 Å². The van der Waals surface area contributed by atoms with Crippen LogP contribution in [0.3, 0.4) is 0 Å². The minimum atomic E-state index is -0.845. The number of hydrogen-bond donors (Lipinski definition) is 2. The van der Waals surface area contributed by atoms with Crippen LogP contribution in [-0.2, 0) is 0 Å². The lowest BCUT2D eigenvalue weighted by Gasteiger charge is -2.06. The Labute approximate surface area is 116 Å². The summed E-state index contributed by atoms with van der Waals surface area (Å²) in [7, 11) is 0. The van der Waals surface area contributed by atoms with Gasteiger partial charge in [-0.3, -0.25) is 14.9 Å². The zero-order valence-electron chi connectivity index (χ0n) is 9.18. The van der Waals surface area contributed by atoms with Gasteiger partial charge in [-0.2, -0.15) is 0 Å². The van der Waals surface area contributed by atoms with Crippen LogP contribution in [0.4, 0.5) is 17.2 Å². The smallest absolute Gasteiger partial charge is 0.334 e. The number of hydrogen-bond acceptors (Lipinski definition) is 5. The highest BCUT2D eigenvalue weighted by Gasteiger charge is 2.20. The van der Waals surface area contributed by atoms with Crippen LogP contribution in [0.5, 0.6) is 0 Å². The van der Waals surface area contributed by atoms with Gasteiger partial charge in [0.15, 0.2) is 0 Å². The summed E-state index contributed by atoms with van der Waals surface area (Å²) < 4.78 is 0. The van der Waals surface area contributed by atoms with E-state index in [1.165, 1.54) is 12.1 Å². The summed E-state index contributed by atoms with van der Waals surface area (Å²) in [6.45, 7) is 0. The maximum Gasteiger partial charge on any atom is 0.376 e. The Balaban J connectivity index is 2.43. The van der Waals surface area contributed by atoms with Gasteiger partial charge < -0.3 is 10.3 Å². The SMILES string of the molecule is O=c1[nH]cnc(Nc2ccc(Cl)c(Cl)c2)c1[N+](=O)[O-].